The van der Waals surface area contributed by atoms with Crippen LogP contribution >= 0.6 is 0 Å². The Kier molecular flexibility index (Phi) is 7.41. The third-order valence-corrected chi connectivity index (χ3v) is 4.43. The summed E-state index contributed by atoms with van der Waals surface area (Å²) in [5.41, 5.74) is 0.394. The first-order chi connectivity index (χ1) is 15.4. The Bertz CT molecular complexity index is 964. The van der Waals surface area contributed by atoms with Crippen LogP contribution in [0.15, 0.2) is 29.0 Å². The number of amides is 1. The van der Waals surface area contributed by atoms with E-state index < -0.39 is 37.2 Å². The van der Waals surface area contributed by atoms with E-state index in [1.54, 1.807) is 0 Å². The lowest BCUT2D eigenvalue weighted by Crippen LogP contribution is -2.42. The summed E-state index contributed by atoms with van der Waals surface area (Å²) in [6, 6.07) is 1.31. The predicted octanol–water partition coefficient (Wildman–Crippen LogP) is 3.14. The predicted molar refractivity (Wildman–Crippen MR) is 97.1 cm³/mol. The number of alkyl halides is 6. The van der Waals surface area contributed by atoms with Crippen molar-refractivity contribution in [1.29, 1.82) is 0 Å². The zero-order valence-electron chi connectivity index (χ0n) is 16.9. The summed E-state index contributed by atoms with van der Waals surface area (Å²) >= 11 is 0. The Balaban J connectivity index is 1.35. The Morgan fingerprint density at radius 1 is 1.21 bits per heavy atom. The maximum absolute atomic E-state index is 12.4. The van der Waals surface area contributed by atoms with E-state index in [1.807, 2.05) is 0 Å². The van der Waals surface area contributed by atoms with Gasteiger partial charge >= 0.3 is 12.5 Å². The summed E-state index contributed by atoms with van der Waals surface area (Å²) in [7, 11) is 0. The standard InChI is InChI=1S/C18H19F6N5O4/c1-10(25-14(30)8-31-11-6-12(7-11)33-18(22,23)24)2-3-15-26-27-16(32-15)13-4-5-29(28-13)9-17(19,20)21/h4-5,11-12H,1-3,6-9H2,(H,25,30). The molecule has 0 unspecified atom stereocenters. The van der Waals surface area contributed by atoms with Crippen molar-refractivity contribution >= 4 is 5.91 Å². The minimum Gasteiger partial charge on any atom is -0.419 e. The third kappa shape index (κ3) is 8.16. The average Bonchev–Trinajstić information content (AvgIpc) is 3.28. The number of halogens is 6. The monoisotopic (exact) mass is 483 g/mol. The van der Waals surface area contributed by atoms with Gasteiger partial charge in [-0.2, -0.15) is 18.3 Å². The number of ether oxygens (including phenoxy) is 2. The molecule has 2 aromatic heterocycles. The molecule has 0 aliphatic heterocycles. The highest BCUT2D eigenvalue weighted by Crippen LogP contribution is 2.32. The maximum atomic E-state index is 12.4. The Morgan fingerprint density at radius 2 is 1.94 bits per heavy atom. The van der Waals surface area contributed by atoms with E-state index in [1.165, 1.54) is 6.07 Å². The smallest absolute Gasteiger partial charge is 0.419 e. The molecule has 1 N–H and O–H groups in total. The summed E-state index contributed by atoms with van der Waals surface area (Å²) < 4.78 is 88.5. The van der Waals surface area contributed by atoms with Crippen molar-refractivity contribution in [2.24, 2.45) is 0 Å². The molecule has 1 aliphatic carbocycles. The van der Waals surface area contributed by atoms with Crippen LogP contribution < -0.4 is 5.32 Å². The van der Waals surface area contributed by atoms with Gasteiger partial charge in [0, 0.05) is 31.2 Å². The number of nitrogens with one attached hydrogen (secondary N) is 1. The van der Waals surface area contributed by atoms with Crippen LogP contribution in [-0.4, -0.2) is 57.2 Å². The molecule has 15 heteroatoms. The second-order valence-corrected chi connectivity index (χ2v) is 7.26. The van der Waals surface area contributed by atoms with Crippen LogP contribution in [-0.2, 0) is 27.2 Å². The van der Waals surface area contributed by atoms with Gasteiger partial charge in [0.15, 0.2) is 0 Å². The fourth-order valence-corrected chi connectivity index (χ4v) is 2.89. The zero-order valence-corrected chi connectivity index (χ0v) is 16.9. The van der Waals surface area contributed by atoms with Crippen molar-refractivity contribution < 1.29 is 45.0 Å². The van der Waals surface area contributed by atoms with Gasteiger partial charge in [-0.3, -0.25) is 14.2 Å². The number of carbonyl (C=O) groups is 1. The van der Waals surface area contributed by atoms with Crippen molar-refractivity contribution in [3.63, 3.8) is 0 Å². The molecule has 0 radical (unpaired) electrons. The Hall–Kier alpha value is -2.94. The molecule has 1 amide bonds. The number of rotatable bonds is 10. The summed E-state index contributed by atoms with van der Waals surface area (Å²) in [5.74, 6) is -0.420. The summed E-state index contributed by atoms with van der Waals surface area (Å²) in [4.78, 5) is 11.9. The van der Waals surface area contributed by atoms with E-state index in [0.29, 0.717) is 10.4 Å². The van der Waals surface area contributed by atoms with E-state index in [4.69, 9.17) is 9.15 Å². The first-order valence-electron chi connectivity index (χ1n) is 9.63. The quantitative estimate of drug-likeness (QED) is 0.518. The molecule has 2 heterocycles. The normalized spacial score (nSPS) is 18.7. The van der Waals surface area contributed by atoms with Gasteiger partial charge in [0.2, 0.25) is 11.8 Å². The highest BCUT2D eigenvalue weighted by Gasteiger charge is 2.40. The number of nitrogens with zero attached hydrogens (tertiary/aromatic N) is 4. The highest BCUT2D eigenvalue weighted by atomic mass is 19.4. The Labute approximate surface area is 182 Å². The molecular formula is C18H19F6N5O4. The van der Waals surface area contributed by atoms with E-state index in [-0.39, 0.29) is 49.8 Å². The van der Waals surface area contributed by atoms with Crippen molar-refractivity contribution in [1.82, 2.24) is 25.3 Å². The topological polar surface area (TPSA) is 104 Å². The number of hydrogen-bond donors (Lipinski definition) is 1. The molecule has 1 fully saturated rings. The van der Waals surface area contributed by atoms with Crippen molar-refractivity contribution in [2.75, 3.05) is 6.61 Å². The summed E-state index contributed by atoms with van der Waals surface area (Å²) in [5, 5.41) is 13.7. The van der Waals surface area contributed by atoms with Crippen molar-refractivity contribution in [3.8, 4) is 11.6 Å². The number of carbonyl (C=O) groups excluding carboxylic acids is 1. The van der Waals surface area contributed by atoms with Crippen molar-refractivity contribution in [3.05, 3.63) is 30.4 Å². The fourth-order valence-electron chi connectivity index (χ4n) is 2.89. The number of hydrogen-bond acceptors (Lipinski definition) is 7. The van der Waals surface area contributed by atoms with Crippen LogP contribution in [0.1, 0.15) is 25.2 Å². The molecule has 0 atom stereocenters. The molecule has 9 nitrogen and oxygen atoms in total. The Morgan fingerprint density at radius 3 is 2.61 bits per heavy atom. The fraction of sp³-hybridized carbons (Fsp3) is 0.556. The third-order valence-electron chi connectivity index (χ3n) is 4.43. The molecule has 2 aromatic rings. The van der Waals surface area contributed by atoms with Gasteiger partial charge in [0.25, 0.3) is 5.89 Å². The van der Waals surface area contributed by atoms with Crippen LogP contribution in [0.5, 0.6) is 0 Å². The van der Waals surface area contributed by atoms with Gasteiger partial charge in [-0.05, 0) is 12.5 Å². The summed E-state index contributed by atoms with van der Waals surface area (Å²) in [6.07, 6.45) is -8.93. The zero-order chi connectivity index (χ0) is 24.2. The van der Waals surface area contributed by atoms with Crippen LogP contribution in [0.2, 0.25) is 0 Å². The van der Waals surface area contributed by atoms with Gasteiger partial charge < -0.3 is 14.5 Å². The number of aryl methyl sites for hydroxylation is 1. The molecule has 1 aliphatic rings. The average molecular weight is 483 g/mol. The molecule has 1 saturated carbocycles. The molecule has 3 rings (SSSR count). The van der Waals surface area contributed by atoms with Crippen LogP contribution in [0, 0.1) is 0 Å². The number of allylic oxidation sites excluding steroid dienone is 1. The van der Waals surface area contributed by atoms with E-state index in [2.05, 4.69) is 31.9 Å². The lowest BCUT2D eigenvalue weighted by molar-refractivity contribution is -0.357. The highest BCUT2D eigenvalue weighted by molar-refractivity contribution is 5.78. The second kappa shape index (κ2) is 9.91. The largest absolute Gasteiger partial charge is 0.522 e. The van der Waals surface area contributed by atoms with Crippen LogP contribution in [0.25, 0.3) is 11.6 Å². The van der Waals surface area contributed by atoms with Gasteiger partial charge in [-0.25, -0.2) is 0 Å². The molecule has 0 aromatic carbocycles. The molecule has 0 spiro atoms. The molecule has 33 heavy (non-hydrogen) atoms. The molecule has 0 bridgehead atoms. The first kappa shape index (κ1) is 24.7. The lowest BCUT2D eigenvalue weighted by atomic mass is 9.92. The second-order valence-electron chi connectivity index (χ2n) is 7.26. The molecule has 0 saturated heterocycles. The SMILES string of the molecule is C=C(CCc1nnc(-c2ccn(CC(F)(F)F)n2)o1)NC(=O)COC1CC(OC(F)(F)F)C1. The molecular weight excluding hydrogens is 464 g/mol. The molecule has 182 valence electrons. The van der Waals surface area contributed by atoms with Gasteiger partial charge in [0.05, 0.1) is 12.2 Å². The van der Waals surface area contributed by atoms with E-state index >= 15 is 0 Å². The van der Waals surface area contributed by atoms with Gasteiger partial charge in [-0.1, -0.05) is 6.58 Å². The summed E-state index contributed by atoms with van der Waals surface area (Å²) in [6.45, 7) is 2.08. The lowest BCUT2D eigenvalue weighted by Gasteiger charge is -2.34. The van der Waals surface area contributed by atoms with Crippen LogP contribution in [0.4, 0.5) is 26.3 Å². The minimum absolute atomic E-state index is 0.0433. The maximum Gasteiger partial charge on any atom is 0.522 e. The van der Waals surface area contributed by atoms with E-state index in [9.17, 15) is 31.1 Å². The van der Waals surface area contributed by atoms with Crippen molar-refractivity contribution in [2.45, 2.75) is 57.0 Å². The van der Waals surface area contributed by atoms with Gasteiger partial charge in [-0.15, -0.1) is 23.4 Å². The van der Waals surface area contributed by atoms with Gasteiger partial charge in [0.1, 0.15) is 18.8 Å². The minimum atomic E-state index is -4.70. The van der Waals surface area contributed by atoms with Crippen LogP contribution in [0.3, 0.4) is 0 Å². The van der Waals surface area contributed by atoms with E-state index in [0.717, 1.165) is 6.20 Å². The number of aromatic nitrogens is 4. The first-order valence-corrected chi connectivity index (χ1v) is 9.63.